The number of non-ortho nitro benzene ring substituents is 1. The van der Waals surface area contributed by atoms with Crippen molar-refractivity contribution in [3.63, 3.8) is 0 Å². The van der Waals surface area contributed by atoms with Crippen molar-refractivity contribution < 1.29 is 27.7 Å². The SMILES string of the molecule is CCC(C(=O)NC(C)(C)C)N(Cc1cccc(OC)c1)C(=O)CN(c1ccc([N+](=O)[O-])cc1)S(=O)(=O)c1ccccc1. The smallest absolute Gasteiger partial charge is 0.269 e. The van der Waals surface area contributed by atoms with Crippen molar-refractivity contribution in [2.45, 2.75) is 57.1 Å². The molecule has 42 heavy (non-hydrogen) atoms. The van der Waals surface area contributed by atoms with Gasteiger partial charge in [-0.1, -0.05) is 37.3 Å². The molecule has 0 aliphatic carbocycles. The van der Waals surface area contributed by atoms with Crippen LogP contribution < -0.4 is 14.4 Å². The van der Waals surface area contributed by atoms with Gasteiger partial charge in [0.1, 0.15) is 18.3 Å². The van der Waals surface area contributed by atoms with Crippen molar-refractivity contribution in [1.29, 1.82) is 0 Å². The van der Waals surface area contributed by atoms with Gasteiger partial charge in [-0.3, -0.25) is 24.0 Å². The van der Waals surface area contributed by atoms with Crippen LogP contribution in [0.25, 0.3) is 0 Å². The number of methoxy groups -OCH3 is 1. The highest BCUT2D eigenvalue weighted by atomic mass is 32.2. The topological polar surface area (TPSA) is 139 Å². The molecular formula is C30H36N4O7S. The van der Waals surface area contributed by atoms with Gasteiger partial charge in [-0.2, -0.15) is 0 Å². The van der Waals surface area contributed by atoms with E-state index < -0.39 is 39.0 Å². The van der Waals surface area contributed by atoms with E-state index in [2.05, 4.69) is 5.32 Å². The Bertz CT molecular complexity index is 1500. The van der Waals surface area contributed by atoms with E-state index in [9.17, 15) is 28.1 Å². The molecule has 1 N–H and O–H groups in total. The number of nitrogens with one attached hydrogen (secondary N) is 1. The number of nitrogens with zero attached hydrogens (tertiary/aromatic N) is 3. The maximum atomic E-state index is 14.1. The molecule has 2 amide bonds. The molecule has 11 nitrogen and oxygen atoms in total. The van der Waals surface area contributed by atoms with Crippen LogP contribution in [0.15, 0.2) is 83.8 Å². The molecule has 0 saturated heterocycles. The number of benzene rings is 3. The number of carbonyl (C=O) groups is 2. The number of amides is 2. The fraction of sp³-hybridized carbons (Fsp3) is 0.333. The predicted molar refractivity (Wildman–Crippen MR) is 160 cm³/mol. The molecule has 1 unspecified atom stereocenters. The Kier molecular flexibility index (Phi) is 10.3. The van der Waals surface area contributed by atoms with Crippen LogP contribution in [0, 0.1) is 10.1 Å². The van der Waals surface area contributed by atoms with E-state index in [1.807, 2.05) is 20.8 Å². The summed E-state index contributed by atoms with van der Waals surface area (Å²) in [5, 5.41) is 14.1. The van der Waals surface area contributed by atoms with Gasteiger partial charge in [0, 0.05) is 24.2 Å². The molecule has 1 atom stereocenters. The van der Waals surface area contributed by atoms with E-state index in [0.29, 0.717) is 11.3 Å². The van der Waals surface area contributed by atoms with Gasteiger partial charge < -0.3 is 15.0 Å². The van der Waals surface area contributed by atoms with Crippen LogP contribution in [0.4, 0.5) is 11.4 Å². The largest absolute Gasteiger partial charge is 0.497 e. The normalized spacial score (nSPS) is 12.2. The molecule has 0 aliphatic rings. The maximum Gasteiger partial charge on any atom is 0.269 e. The molecule has 3 rings (SSSR count). The molecule has 0 saturated carbocycles. The van der Waals surface area contributed by atoms with Crippen molar-refractivity contribution in [2.24, 2.45) is 0 Å². The first-order valence-electron chi connectivity index (χ1n) is 13.3. The average Bonchev–Trinajstić information content (AvgIpc) is 2.95. The summed E-state index contributed by atoms with van der Waals surface area (Å²) in [6, 6.07) is 18.6. The van der Waals surface area contributed by atoms with Gasteiger partial charge in [-0.15, -0.1) is 0 Å². The molecule has 0 radical (unpaired) electrons. The van der Waals surface area contributed by atoms with Crippen LogP contribution in [0.2, 0.25) is 0 Å². The van der Waals surface area contributed by atoms with Gasteiger partial charge in [0.2, 0.25) is 11.8 Å². The number of nitro groups is 1. The molecule has 0 bridgehead atoms. The Morgan fingerprint density at radius 2 is 1.64 bits per heavy atom. The monoisotopic (exact) mass is 596 g/mol. The van der Waals surface area contributed by atoms with Crippen molar-refractivity contribution in [3.05, 3.63) is 94.5 Å². The van der Waals surface area contributed by atoms with Gasteiger partial charge in [0.25, 0.3) is 15.7 Å². The Morgan fingerprint density at radius 1 is 1.00 bits per heavy atom. The summed E-state index contributed by atoms with van der Waals surface area (Å²) in [6.07, 6.45) is 0.264. The van der Waals surface area contributed by atoms with E-state index in [4.69, 9.17) is 4.74 Å². The van der Waals surface area contributed by atoms with Gasteiger partial charge >= 0.3 is 0 Å². The molecule has 12 heteroatoms. The first-order chi connectivity index (χ1) is 19.8. The molecule has 0 heterocycles. The zero-order chi connectivity index (χ0) is 31.1. The minimum Gasteiger partial charge on any atom is -0.497 e. The molecule has 3 aromatic rings. The number of hydrogen-bond donors (Lipinski definition) is 1. The summed E-state index contributed by atoms with van der Waals surface area (Å²) < 4.78 is 33.9. The Hall–Kier alpha value is -4.45. The van der Waals surface area contributed by atoms with Crippen molar-refractivity contribution >= 4 is 33.2 Å². The second-order valence-corrected chi connectivity index (χ2v) is 12.5. The molecule has 3 aromatic carbocycles. The third kappa shape index (κ3) is 8.06. The van der Waals surface area contributed by atoms with Crippen molar-refractivity contribution in [1.82, 2.24) is 10.2 Å². The van der Waals surface area contributed by atoms with E-state index in [-0.39, 0.29) is 35.1 Å². The van der Waals surface area contributed by atoms with Crippen LogP contribution in [-0.2, 0) is 26.2 Å². The third-order valence-corrected chi connectivity index (χ3v) is 8.12. The highest BCUT2D eigenvalue weighted by Crippen LogP contribution is 2.27. The summed E-state index contributed by atoms with van der Waals surface area (Å²) >= 11 is 0. The lowest BCUT2D eigenvalue weighted by Crippen LogP contribution is -2.55. The summed E-state index contributed by atoms with van der Waals surface area (Å²) in [5.74, 6) is -0.452. The number of carbonyl (C=O) groups excluding carboxylic acids is 2. The summed E-state index contributed by atoms with van der Waals surface area (Å²) in [7, 11) is -2.77. The fourth-order valence-corrected chi connectivity index (χ4v) is 5.76. The fourth-order valence-electron chi connectivity index (χ4n) is 4.33. The lowest BCUT2D eigenvalue weighted by molar-refractivity contribution is -0.384. The van der Waals surface area contributed by atoms with Crippen LogP contribution in [0.5, 0.6) is 5.75 Å². The molecule has 0 aliphatic heterocycles. The zero-order valence-corrected chi connectivity index (χ0v) is 25.1. The summed E-state index contributed by atoms with van der Waals surface area (Å²) in [6.45, 7) is 6.61. The van der Waals surface area contributed by atoms with Crippen LogP contribution in [-0.4, -0.2) is 55.3 Å². The van der Waals surface area contributed by atoms with Gasteiger partial charge in [0.15, 0.2) is 0 Å². The molecule has 0 spiro atoms. The number of ether oxygens (including phenoxy) is 1. The molecule has 0 fully saturated rings. The maximum absolute atomic E-state index is 14.1. The van der Waals surface area contributed by atoms with Gasteiger partial charge in [-0.05, 0) is 69.2 Å². The number of sulfonamides is 1. The third-order valence-electron chi connectivity index (χ3n) is 6.33. The van der Waals surface area contributed by atoms with E-state index in [0.717, 1.165) is 4.31 Å². The number of nitro benzene ring substituents is 1. The highest BCUT2D eigenvalue weighted by molar-refractivity contribution is 7.92. The van der Waals surface area contributed by atoms with E-state index >= 15 is 0 Å². The van der Waals surface area contributed by atoms with Crippen LogP contribution in [0.3, 0.4) is 0 Å². The minimum atomic E-state index is -4.29. The summed E-state index contributed by atoms with van der Waals surface area (Å²) in [4.78, 5) is 39.4. The minimum absolute atomic E-state index is 0.00554. The zero-order valence-electron chi connectivity index (χ0n) is 24.3. The average molecular weight is 597 g/mol. The standard InChI is InChI=1S/C30H36N4O7S/c1-6-27(29(36)31-30(2,3)4)32(20-22-11-10-12-25(19-22)41-5)28(35)21-33(23-15-17-24(18-16-23)34(37)38)42(39,40)26-13-8-7-9-14-26/h7-19,27H,6,20-21H2,1-5H3,(H,31,36). The first kappa shape index (κ1) is 32.1. The molecular weight excluding hydrogens is 560 g/mol. The Balaban J connectivity index is 2.09. The number of hydrogen-bond acceptors (Lipinski definition) is 7. The number of anilines is 1. The highest BCUT2D eigenvalue weighted by Gasteiger charge is 2.34. The Labute approximate surface area is 246 Å². The first-order valence-corrected chi connectivity index (χ1v) is 14.8. The second kappa shape index (κ2) is 13.5. The quantitative estimate of drug-likeness (QED) is 0.240. The second-order valence-electron chi connectivity index (χ2n) is 10.6. The number of rotatable bonds is 12. The van der Waals surface area contributed by atoms with E-state index in [1.165, 1.54) is 48.4 Å². The molecule has 224 valence electrons. The van der Waals surface area contributed by atoms with Crippen molar-refractivity contribution in [3.8, 4) is 5.75 Å². The van der Waals surface area contributed by atoms with E-state index in [1.54, 1.807) is 49.4 Å². The summed E-state index contributed by atoms with van der Waals surface area (Å²) in [5.41, 5.74) is -0.0630. The Morgan fingerprint density at radius 3 is 2.19 bits per heavy atom. The van der Waals surface area contributed by atoms with Gasteiger partial charge in [0.05, 0.1) is 22.6 Å². The lowest BCUT2D eigenvalue weighted by atomic mass is 10.1. The lowest BCUT2D eigenvalue weighted by Gasteiger charge is -2.34. The predicted octanol–water partition coefficient (Wildman–Crippen LogP) is 4.52. The van der Waals surface area contributed by atoms with Gasteiger partial charge in [-0.25, -0.2) is 8.42 Å². The van der Waals surface area contributed by atoms with Crippen molar-refractivity contribution in [2.75, 3.05) is 18.0 Å². The van der Waals surface area contributed by atoms with Crippen LogP contribution in [0.1, 0.15) is 39.7 Å². The van der Waals surface area contributed by atoms with Crippen LogP contribution >= 0.6 is 0 Å². The molecule has 0 aromatic heterocycles.